The third-order valence-electron chi connectivity index (χ3n) is 2.99. The molecule has 2 nitrogen and oxygen atoms in total. The maximum Gasteiger partial charge on any atom is 0.0816 e. The van der Waals surface area contributed by atoms with Crippen LogP contribution in [0.5, 0.6) is 0 Å². The summed E-state index contributed by atoms with van der Waals surface area (Å²) in [5.41, 5.74) is 3.51. The van der Waals surface area contributed by atoms with Crippen LogP contribution in [0, 0.1) is 13.8 Å². The second-order valence-electron chi connectivity index (χ2n) is 4.10. The molecular weight excluding hydrogens is 198 g/mol. The van der Waals surface area contributed by atoms with Crippen molar-refractivity contribution >= 4 is 0 Å². The molecule has 1 heterocycles. The molecule has 1 aromatic heterocycles. The Bertz CT molecular complexity index is 439. The molecule has 0 bridgehead atoms. The molecule has 0 saturated carbocycles. The number of benzene rings is 1. The highest BCUT2D eigenvalue weighted by atomic mass is 16.3. The Labute approximate surface area is 96.2 Å². The Kier molecular flexibility index (Phi) is 3.11. The van der Waals surface area contributed by atoms with Gasteiger partial charge in [0.25, 0.3) is 0 Å². The molecule has 0 spiro atoms. The average molecular weight is 215 g/mol. The maximum atomic E-state index is 9.58. The monoisotopic (exact) mass is 215 g/mol. The fraction of sp³-hybridized carbons (Fsp3) is 0.286. The minimum atomic E-state index is 0.0243. The van der Waals surface area contributed by atoms with Crippen LogP contribution in [-0.2, 0) is 0 Å². The smallest absolute Gasteiger partial charge is 0.0816 e. The van der Waals surface area contributed by atoms with Gasteiger partial charge < -0.3 is 9.67 Å². The standard InChI is InChI=1S/C14H17NO/c1-11-8-9-12(2)15(11)14(10-16)13-6-4-3-5-7-13/h3-9,14,16H,10H2,1-2H3/t14-/m1/s1. The van der Waals surface area contributed by atoms with Crippen LogP contribution in [0.1, 0.15) is 23.0 Å². The predicted octanol–water partition coefficient (Wildman–Crippen LogP) is 2.69. The van der Waals surface area contributed by atoms with Crippen LogP contribution >= 0.6 is 0 Å². The van der Waals surface area contributed by atoms with Gasteiger partial charge in [0.05, 0.1) is 12.6 Å². The van der Waals surface area contributed by atoms with Crippen molar-refractivity contribution in [1.82, 2.24) is 4.57 Å². The summed E-state index contributed by atoms with van der Waals surface area (Å²) < 4.78 is 2.18. The summed E-state index contributed by atoms with van der Waals surface area (Å²) in [7, 11) is 0. The highest BCUT2D eigenvalue weighted by Gasteiger charge is 2.15. The molecule has 1 N–H and O–H groups in total. The normalized spacial score (nSPS) is 12.7. The van der Waals surface area contributed by atoms with E-state index in [1.807, 2.05) is 18.2 Å². The molecule has 84 valence electrons. The van der Waals surface area contributed by atoms with E-state index >= 15 is 0 Å². The number of hydrogen-bond acceptors (Lipinski definition) is 1. The van der Waals surface area contributed by atoms with Gasteiger partial charge in [0.1, 0.15) is 0 Å². The molecule has 2 aromatic rings. The molecule has 16 heavy (non-hydrogen) atoms. The summed E-state index contributed by atoms with van der Waals surface area (Å²) in [6.07, 6.45) is 0. The van der Waals surface area contributed by atoms with Crippen molar-refractivity contribution < 1.29 is 5.11 Å². The fourth-order valence-electron chi connectivity index (χ4n) is 2.18. The van der Waals surface area contributed by atoms with E-state index in [1.54, 1.807) is 0 Å². The average Bonchev–Trinajstić information content (AvgIpc) is 2.63. The molecule has 0 amide bonds. The van der Waals surface area contributed by atoms with Crippen molar-refractivity contribution in [2.45, 2.75) is 19.9 Å². The van der Waals surface area contributed by atoms with Gasteiger partial charge >= 0.3 is 0 Å². The van der Waals surface area contributed by atoms with Crippen molar-refractivity contribution in [2.24, 2.45) is 0 Å². The molecule has 2 heteroatoms. The topological polar surface area (TPSA) is 25.2 Å². The predicted molar refractivity (Wildman–Crippen MR) is 65.6 cm³/mol. The van der Waals surface area contributed by atoms with Crippen LogP contribution in [0.25, 0.3) is 0 Å². The Hall–Kier alpha value is -1.54. The van der Waals surface area contributed by atoms with Gasteiger partial charge in [-0.15, -0.1) is 0 Å². The third kappa shape index (κ3) is 1.89. The lowest BCUT2D eigenvalue weighted by Gasteiger charge is -2.21. The summed E-state index contributed by atoms with van der Waals surface area (Å²) in [5.74, 6) is 0. The lowest BCUT2D eigenvalue weighted by atomic mass is 10.1. The van der Waals surface area contributed by atoms with Crippen molar-refractivity contribution in [3.8, 4) is 0 Å². The number of aliphatic hydroxyl groups excluding tert-OH is 1. The molecule has 0 aliphatic carbocycles. The summed E-state index contributed by atoms with van der Waals surface area (Å²) in [6.45, 7) is 4.26. The first kappa shape index (κ1) is 11.0. The molecule has 1 atom stereocenters. The van der Waals surface area contributed by atoms with E-state index in [2.05, 4.69) is 42.7 Å². The van der Waals surface area contributed by atoms with Crippen LogP contribution in [0.2, 0.25) is 0 Å². The summed E-state index contributed by atoms with van der Waals surface area (Å²) in [6, 6.07) is 14.3. The number of hydrogen-bond donors (Lipinski definition) is 1. The number of aromatic nitrogens is 1. The first-order valence-electron chi connectivity index (χ1n) is 5.54. The molecule has 1 aromatic carbocycles. The second kappa shape index (κ2) is 4.54. The van der Waals surface area contributed by atoms with Crippen molar-refractivity contribution in [3.63, 3.8) is 0 Å². The van der Waals surface area contributed by atoms with Gasteiger partial charge in [-0.25, -0.2) is 0 Å². The number of rotatable bonds is 3. The van der Waals surface area contributed by atoms with Crippen molar-refractivity contribution in [1.29, 1.82) is 0 Å². The highest BCUT2D eigenvalue weighted by Crippen LogP contribution is 2.22. The Morgan fingerprint density at radius 2 is 1.56 bits per heavy atom. The lowest BCUT2D eigenvalue weighted by molar-refractivity contribution is 0.247. The van der Waals surface area contributed by atoms with E-state index < -0.39 is 0 Å². The van der Waals surface area contributed by atoms with Crippen LogP contribution in [0.15, 0.2) is 42.5 Å². The molecule has 2 rings (SSSR count). The van der Waals surface area contributed by atoms with Crippen molar-refractivity contribution in [3.05, 3.63) is 59.4 Å². The third-order valence-corrected chi connectivity index (χ3v) is 2.99. The summed E-state index contributed by atoms with van der Waals surface area (Å²) in [4.78, 5) is 0. The molecular formula is C14H17NO. The van der Waals surface area contributed by atoms with E-state index in [0.29, 0.717) is 0 Å². The lowest BCUT2D eigenvalue weighted by Crippen LogP contribution is -2.17. The molecule has 0 unspecified atom stereocenters. The van der Waals surface area contributed by atoms with E-state index in [1.165, 1.54) is 11.4 Å². The van der Waals surface area contributed by atoms with Crippen LogP contribution in [-0.4, -0.2) is 16.3 Å². The fourth-order valence-corrected chi connectivity index (χ4v) is 2.18. The van der Waals surface area contributed by atoms with E-state index in [9.17, 15) is 5.11 Å². The number of aryl methyl sites for hydroxylation is 2. The van der Waals surface area contributed by atoms with Gasteiger partial charge in [0.2, 0.25) is 0 Å². The largest absolute Gasteiger partial charge is 0.394 e. The Morgan fingerprint density at radius 1 is 1.00 bits per heavy atom. The van der Waals surface area contributed by atoms with Gasteiger partial charge in [-0.2, -0.15) is 0 Å². The molecule has 0 aliphatic rings. The quantitative estimate of drug-likeness (QED) is 0.836. The molecule has 0 radical (unpaired) electrons. The molecule has 0 saturated heterocycles. The van der Waals surface area contributed by atoms with Gasteiger partial charge in [-0.1, -0.05) is 30.3 Å². The minimum absolute atomic E-state index is 0.0243. The number of aliphatic hydroxyl groups is 1. The summed E-state index contributed by atoms with van der Waals surface area (Å²) >= 11 is 0. The van der Waals surface area contributed by atoms with E-state index in [-0.39, 0.29) is 12.6 Å². The minimum Gasteiger partial charge on any atom is -0.394 e. The maximum absolute atomic E-state index is 9.58. The van der Waals surface area contributed by atoms with Crippen LogP contribution in [0.4, 0.5) is 0 Å². The Morgan fingerprint density at radius 3 is 2.06 bits per heavy atom. The second-order valence-corrected chi connectivity index (χ2v) is 4.10. The van der Waals surface area contributed by atoms with Crippen LogP contribution < -0.4 is 0 Å². The van der Waals surface area contributed by atoms with Crippen molar-refractivity contribution in [2.75, 3.05) is 6.61 Å². The zero-order chi connectivity index (χ0) is 11.5. The molecule has 0 fully saturated rings. The first-order chi connectivity index (χ1) is 7.74. The van der Waals surface area contributed by atoms with E-state index in [0.717, 1.165) is 5.56 Å². The van der Waals surface area contributed by atoms with Crippen LogP contribution in [0.3, 0.4) is 0 Å². The highest BCUT2D eigenvalue weighted by molar-refractivity contribution is 5.24. The zero-order valence-corrected chi connectivity index (χ0v) is 9.72. The molecule has 0 aliphatic heterocycles. The van der Waals surface area contributed by atoms with Gasteiger partial charge in [0.15, 0.2) is 0 Å². The summed E-state index contributed by atoms with van der Waals surface area (Å²) in [5, 5.41) is 9.58. The van der Waals surface area contributed by atoms with Gasteiger partial charge in [0, 0.05) is 11.4 Å². The number of nitrogens with zero attached hydrogens (tertiary/aromatic N) is 1. The van der Waals surface area contributed by atoms with Gasteiger partial charge in [-0.05, 0) is 31.5 Å². The Balaban J connectivity index is 2.45. The SMILES string of the molecule is Cc1ccc(C)n1[C@H](CO)c1ccccc1. The first-order valence-corrected chi connectivity index (χ1v) is 5.54. The van der Waals surface area contributed by atoms with Gasteiger partial charge in [-0.3, -0.25) is 0 Å². The zero-order valence-electron chi connectivity index (χ0n) is 9.72. The van der Waals surface area contributed by atoms with E-state index in [4.69, 9.17) is 0 Å².